The molecule has 0 saturated carbocycles. The van der Waals surface area contributed by atoms with Crippen molar-refractivity contribution >= 4 is 107 Å². The fraction of sp³-hybridized carbons (Fsp3) is 0. The summed E-state index contributed by atoms with van der Waals surface area (Å²) in [7, 11) is 0. The van der Waals surface area contributed by atoms with Crippen LogP contribution in [0, 0.1) is 0 Å². The van der Waals surface area contributed by atoms with Gasteiger partial charge >= 0.3 is 0 Å². The third-order valence-electron chi connectivity index (χ3n) is 12.6. The molecule has 0 unspecified atom stereocenters. The molecule has 0 radical (unpaired) electrons. The van der Waals surface area contributed by atoms with E-state index in [-0.39, 0.29) is 0 Å². The Morgan fingerprint density at radius 1 is 0.259 bits per heavy atom. The van der Waals surface area contributed by atoms with E-state index in [1.165, 1.54) is 118 Å². The monoisotopic (exact) mass is 751 g/mol. The minimum atomic E-state index is 1.16. The van der Waals surface area contributed by atoms with Crippen molar-refractivity contribution in [2.24, 2.45) is 0 Å². The molecule has 0 aliphatic rings. The Kier molecular flexibility index (Phi) is 6.66. The molecule has 2 aromatic heterocycles. The lowest BCUT2D eigenvalue weighted by molar-refractivity contribution is 1.18. The smallest absolute Gasteiger partial charge is 0.0541 e. The van der Waals surface area contributed by atoms with Crippen molar-refractivity contribution in [2.75, 3.05) is 0 Å². The van der Waals surface area contributed by atoms with E-state index in [0.717, 1.165) is 5.69 Å². The highest BCUT2D eigenvalue weighted by Crippen LogP contribution is 2.45. The minimum Gasteiger partial charge on any atom is -0.309 e. The normalized spacial score (nSPS) is 12.1. The molecule has 11 aromatic carbocycles. The molecule has 268 valence electrons. The first-order chi connectivity index (χ1) is 28.8. The summed E-state index contributed by atoms with van der Waals surface area (Å²) in [5.74, 6) is 0. The van der Waals surface area contributed by atoms with Crippen LogP contribution in [0.5, 0.6) is 0 Å². The highest BCUT2D eigenvalue weighted by Gasteiger charge is 2.18. The molecular weight excluding hydrogens is 719 g/mol. The van der Waals surface area contributed by atoms with Crippen LogP contribution in [0.25, 0.3) is 124 Å². The summed E-state index contributed by atoms with van der Waals surface area (Å²) in [5, 5.41) is 18.2. The third kappa shape index (κ3) is 4.52. The zero-order valence-corrected chi connectivity index (χ0v) is 32.2. The van der Waals surface area contributed by atoms with Gasteiger partial charge in [0.2, 0.25) is 0 Å². The van der Waals surface area contributed by atoms with Crippen molar-refractivity contribution in [3.05, 3.63) is 200 Å². The number of nitrogens with zero attached hydrogens (tertiary/aromatic N) is 1. The fourth-order valence-corrected chi connectivity index (χ4v) is 11.1. The fourth-order valence-electron chi connectivity index (χ4n) is 9.94. The van der Waals surface area contributed by atoms with E-state index in [4.69, 9.17) is 0 Å². The van der Waals surface area contributed by atoms with E-state index in [0.29, 0.717) is 0 Å². The van der Waals surface area contributed by atoms with Crippen LogP contribution in [-0.4, -0.2) is 4.57 Å². The summed E-state index contributed by atoms with van der Waals surface area (Å²) in [5.41, 5.74) is 8.49. The van der Waals surface area contributed by atoms with E-state index >= 15 is 0 Å². The van der Waals surface area contributed by atoms with E-state index in [2.05, 4.69) is 205 Å². The van der Waals surface area contributed by atoms with Crippen molar-refractivity contribution in [3.63, 3.8) is 0 Å². The topological polar surface area (TPSA) is 4.93 Å². The number of para-hydroxylation sites is 1. The van der Waals surface area contributed by atoms with Crippen LogP contribution in [0.4, 0.5) is 0 Å². The zero-order chi connectivity index (χ0) is 37.9. The predicted octanol–water partition coefficient (Wildman–Crippen LogP) is 16.3. The molecule has 13 rings (SSSR count). The van der Waals surface area contributed by atoms with Gasteiger partial charge < -0.3 is 4.57 Å². The van der Waals surface area contributed by atoms with Crippen LogP contribution in [0.3, 0.4) is 0 Å². The maximum absolute atomic E-state index is 2.44. The average Bonchev–Trinajstić information content (AvgIpc) is 3.84. The molecule has 0 atom stereocenters. The van der Waals surface area contributed by atoms with E-state index in [9.17, 15) is 0 Å². The van der Waals surface area contributed by atoms with Gasteiger partial charge in [-0.3, -0.25) is 0 Å². The maximum atomic E-state index is 2.44. The Morgan fingerprint density at radius 3 is 1.36 bits per heavy atom. The molecule has 1 nitrogen and oxygen atoms in total. The SMILES string of the molecule is c1ccc2c(c1)sc1cc(-c3ccc(-n4c5ccccc5c5cc(-c6ccc7c8ccccc8c8c9ccccc9c9ccccc9c8c7c6)ccc54)cc3)ccc12. The Hall–Kier alpha value is -7.26. The van der Waals surface area contributed by atoms with Gasteiger partial charge in [-0.2, -0.15) is 0 Å². The molecule has 2 heterocycles. The first kappa shape index (κ1) is 31.9. The first-order valence-corrected chi connectivity index (χ1v) is 20.8. The molecule has 0 fully saturated rings. The minimum absolute atomic E-state index is 1.16. The standard InChI is InChI=1S/C56H33NS/c1-4-16-46-39(11-1)40-12-2-6-18-48(40)56-50-32-35(23-28-42(50)41-13-3-5-17-47(41)55(46)56)36-25-30-52-49(31-36)43-14-7-9-19-51(43)57(52)38-26-21-34(22-27-38)37-24-29-45-44-15-8-10-20-53(44)58-54(45)33-37/h1-33H. The number of aromatic nitrogens is 1. The van der Waals surface area contributed by atoms with Crippen molar-refractivity contribution in [1.29, 1.82) is 0 Å². The summed E-state index contributed by atoms with van der Waals surface area (Å²) >= 11 is 1.87. The second-order valence-electron chi connectivity index (χ2n) is 15.6. The molecule has 0 aliphatic carbocycles. The second kappa shape index (κ2) is 12.1. The van der Waals surface area contributed by atoms with Crippen LogP contribution in [0.2, 0.25) is 0 Å². The molecule has 13 aromatic rings. The lowest BCUT2D eigenvalue weighted by Crippen LogP contribution is -1.93. The lowest BCUT2D eigenvalue weighted by Gasteiger charge is -2.17. The molecule has 0 amide bonds. The van der Waals surface area contributed by atoms with Crippen molar-refractivity contribution in [1.82, 2.24) is 4.57 Å². The number of fused-ring (bicyclic) bond motifs is 17. The summed E-state index contributed by atoms with van der Waals surface area (Å²) in [4.78, 5) is 0. The maximum Gasteiger partial charge on any atom is 0.0541 e. The quantitative estimate of drug-likeness (QED) is 0.158. The second-order valence-corrected chi connectivity index (χ2v) is 16.7. The van der Waals surface area contributed by atoms with Gasteiger partial charge in [0.15, 0.2) is 0 Å². The van der Waals surface area contributed by atoms with Gasteiger partial charge in [-0.1, -0.05) is 152 Å². The van der Waals surface area contributed by atoms with Gasteiger partial charge in [0.1, 0.15) is 0 Å². The van der Waals surface area contributed by atoms with Crippen LogP contribution in [-0.2, 0) is 0 Å². The Morgan fingerprint density at radius 2 is 0.690 bits per heavy atom. The number of benzene rings is 11. The predicted molar refractivity (Wildman–Crippen MR) is 252 cm³/mol. The van der Waals surface area contributed by atoms with Crippen molar-refractivity contribution in [3.8, 4) is 27.9 Å². The number of hydrogen-bond acceptors (Lipinski definition) is 1. The van der Waals surface area contributed by atoms with Crippen molar-refractivity contribution in [2.45, 2.75) is 0 Å². The molecule has 58 heavy (non-hydrogen) atoms. The molecule has 0 spiro atoms. The van der Waals surface area contributed by atoms with Gasteiger partial charge in [-0.25, -0.2) is 0 Å². The molecule has 0 saturated heterocycles. The van der Waals surface area contributed by atoms with Crippen LogP contribution in [0.15, 0.2) is 200 Å². The molecule has 2 heteroatoms. The highest BCUT2D eigenvalue weighted by atomic mass is 32.1. The van der Waals surface area contributed by atoms with Gasteiger partial charge in [0.05, 0.1) is 11.0 Å². The summed E-state index contributed by atoms with van der Waals surface area (Å²) in [6.45, 7) is 0. The summed E-state index contributed by atoms with van der Waals surface area (Å²) < 4.78 is 5.09. The van der Waals surface area contributed by atoms with Crippen molar-refractivity contribution < 1.29 is 0 Å². The Bertz CT molecular complexity index is 3830. The molecule has 0 bridgehead atoms. The van der Waals surface area contributed by atoms with Gasteiger partial charge in [0, 0.05) is 36.6 Å². The highest BCUT2D eigenvalue weighted by molar-refractivity contribution is 7.25. The Labute approximate surface area is 338 Å². The largest absolute Gasteiger partial charge is 0.309 e. The molecular formula is C56H33NS. The number of hydrogen-bond donors (Lipinski definition) is 0. The Balaban J connectivity index is 0.978. The molecule has 0 aliphatic heterocycles. The van der Waals surface area contributed by atoms with E-state index < -0.39 is 0 Å². The van der Waals surface area contributed by atoms with Crippen LogP contribution >= 0.6 is 11.3 Å². The number of thiophene rings is 1. The average molecular weight is 752 g/mol. The summed E-state index contributed by atoms with van der Waals surface area (Å²) in [6.07, 6.45) is 0. The van der Waals surface area contributed by atoms with Gasteiger partial charge in [0.25, 0.3) is 0 Å². The molecule has 0 N–H and O–H groups in total. The van der Waals surface area contributed by atoms with E-state index in [1.807, 2.05) is 11.3 Å². The summed E-state index contributed by atoms with van der Waals surface area (Å²) in [6, 6.07) is 74.5. The van der Waals surface area contributed by atoms with E-state index in [1.54, 1.807) is 0 Å². The number of rotatable bonds is 3. The lowest BCUT2D eigenvalue weighted by atomic mass is 9.86. The van der Waals surface area contributed by atoms with Crippen LogP contribution < -0.4 is 0 Å². The first-order valence-electron chi connectivity index (χ1n) is 20.0. The van der Waals surface area contributed by atoms with Gasteiger partial charge in [-0.05, 0) is 125 Å². The zero-order valence-electron chi connectivity index (χ0n) is 31.4. The van der Waals surface area contributed by atoms with Gasteiger partial charge in [-0.15, -0.1) is 11.3 Å². The van der Waals surface area contributed by atoms with Crippen LogP contribution in [0.1, 0.15) is 0 Å². The third-order valence-corrected chi connectivity index (χ3v) is 13.7.